The maximum Gasteiger partial charge on any atom is 0.335 e. The van der Waals surface area contributed by atoms with Crippen molar-refractivity contribution in [3.05, 3.63) is 0 Å². The lowest BCUT2D eigenvalue weighted by molar-refractivity contribution is 0.198. The molecule has 48 valence electrons. The number of hydrogen-bond donors (Lipinski definition) is 0. The Morgan fingerprint density at radius 1 is 1.12 bits per heavy atom. The van der Waals surface area contributed by atoms with Crippen molar-refractivity contribution in [3.8, 4) is 0 Å². The molecule has 0 aromatic heterocycles. The summed E-state index contributed by atoms with van der Waals surface area (Å²) < 4.78 is 21.5. The van der Waals surface area contributed by atoms with Gasteiger partial charge in [-0.25, -0.2) is 0 Å². The third-order valence-corrected chi connectivity index (χ3v) is 0.827. The molecule has 0 saturated carbocycles. The molecule has 1 fully saturated rings. The average Bonchev–Trinajstić information content (AvgIpc) is 2.17. The molecule has 0 spiro atoms. The molecule has 1 saturated heterocycles. The minimum Gasteiger partial charge on any atom is -0.381 e. The van der Waals surface area contributed by atoms with Gasteiger partial charge in [0.25, 0.3) is 0 Å². The maximum atomic E-state index is 8.29. The SMILES string of the molecule is C1CCOC1.O=S=O. The van der Waals surface area contributed by atoms with Crippen molar-refractivity contribution in [3.63, 3.8) is 0 Å². The van der Waals surface area contributed by atoms with Gasteiger partial charge in [0.2, 0.25) is 0 Å². The fourth-order valence-corrected chi connectivity index (χ4v) is 0.510. The molecule has 4 heteroatoms. The molecule has 1 heterocycles. The van der Waals surface area contributed by atoms with Crippen molar-refractivity contribution in [1.29, 1.82) is 0 Å². The van der Waals surface area contributed by atoms with Crippen molar-refractivity contribution >= 4 is 11.6 Å². The van der Waals surface area contributed by atoms with E-state index in [2.05, 4.69) is 0 Å². The van der Waals surface area contributed by atoms with Gasteiger partial charge < -0.3 is 4.74 Å². The summed E-state index contributed by atoms with van der Waals surface area (Å²) in [6.07, 6.45) is 2.56. The number of rotatable bonds is 0. The minimum atomic E-state index is -0.750. The van der Waals surface area contributed by atoms with Gasteiger partial charge in [0.05, 0.1) is 0 Å². The van der Waals surface area contributed by atoms with Crippen LogP contribution in [0.5, 0.6) is 0 Å². The van der Waals surface area contributed by atoms with E-state index in [1.807, 2.05) is 0 Å². The normalized spacial score (nSPS) is 16.5. The van der Waals surface area contributed by atoms with Crippen molar-refractivity contribution in [2.24, 2.45) is 0 Å². The lowest BCUT2D eigenvalue weighted by Crippen LogP contribution is -1.74. The molecule has 0 bridgehead atoms. The molecular formula is C4H8O3S. The predicted molar refractivity (Wildman–Crippen MR) is 29.0 cm³/mol. The zero-order valence-electron chi connectivity index (χ0n) is 4.46. The Hall–Kier alpha value is -0.220. The Morgan fingerprint density at radius 3 is 1.62 bits per heavy atom. The Kier molecular flexibility index (Phi) is 6.59. The van der Waals surface area contributed by atoms with Gasteiger partial charge in [-0.2, -0.15) is 8.42 Å². The summed E-state index contributed by atoms with van der Waals surface area (Å²) in [6.45, 7) is 2.00. The molecule has 0 N–H and O–H groups in total. The van der Waals surface area contributed by atoms with Gasteiger partial charge >= 0.3 is 11.6 Å². The van der Waals surface area contributed by atoms with Crippen molar-refractivity contribution in [2.75, 3.05) is 13.2 Å². The molecule has 0 aromatic carbocycles. The van der Waals surface area contributed by atoms with Gasteiger partial charge in [0.15, 0.2) is 0 Å². The van der Waals surface area contributed by atoms with Gasteiger partial charge in [-0.05, 0) is 12.8 Å². The van der Waals surface area contributed by atoms with Gasteiger partial charge in [0.1, 0.15) is 0 Å². The summed E-state index contributed by atoms with van der Waals surface area (Å²) in [7, 11) is 0. The van der Waals surface area contributed by atoms with E-state index in [1.165, 1.54) is 12.8 Å². The molecular weight excluding hydrogens is 128 g/mol. The highest BCUT2D eigenvalue weighted by atomic mass is 32.1. The Balaban J connectivity index is 0.000000145. The average molecular weight is 136 g/mol. The van der Waals surface area contributed by atoms with E-state index < -0.39 is 11.6 Å². The van der Waals surface area contributed by atoms with Gasteiger partial charge in [0, 0.05) is 13.2 Å². The number of hydrogen-bond acceptors (Lipinski definition) is 3. The summed E-state index contributed by atoms with van der Waals surface area (Å²) in [6, 6.07) is 0. The molecule has 0 atom stereocenters. The van der Waals surface area contributed by atoms with Crippen LogP contribution >= 0.6 is 0 Å². The summed E-state index contributed by atoms with van der Waals surface area (Å²) in [5.74, 6) is 0. The molecule has 1 rings (SSSR count). The molecule has 0 amide bonds. The second kappa shape index (κ2) is 6.78. The van der Waals surface area contributed by atoms with E-state index in [0.717, 1.165) is 13.2 Å². The minimum absolute atomic E-state index is 0.750. The molecule has 0 radical (unpaired) electrons. The monoisotopic (exact) mass is 136 g/mol. The van der Waals surface area contributed by atoms with Crippen LogP contribution in [-0.2, 0) is 16.3 Å². The molecule has 3 nitrogen and oxygen atoms in total. The van der Waals surface area contributed by atoms with Crippen molar-refractivity contribution in [2.45, 2.75) is 12.8 Å². The maximum absolute atomic E-state index is 8.29. The standard InChI is InChI=1S/C4H8O.O2S/c1-2-4-5-3-1;1-3-2/h1-4H2;. The lowest BCUT2D eigenvalue weighted by Gasteiger charge is -1.76. The Morgan fingerprint density at radius 2 is 1.50 bits per heavy atom. The highest BCUT2D eigenvalue weighted by Gasteiger charge is 1.94. The fraction of sp³-hybridized carbons (Fsp3) is 1.00. The van der Waals surface area contributed by atoms with Crippen LogP contribution < -0.4 is 0 Å². The van der Waals surface area contributed by atoms with Crippen LogP contribution in [0.25, 0.3) is 0 Å². The first kappa shape index (κ1) is 7.78. The van der Waals surface area contributed by atoms with Crippen LogP contribution in [0.1, 0.15) is 12.8 Å². The summed E-state index contributed by atoms with van der Waals surface area (Å²) >= 11 is -0.750. The Bertz CT molecular complexity index is 65.7. The summed E-state index contributed by atoms with van der Waals surface area (Å²) in [5.41, 5.74) is 0. The van der Waals surface area contributed by atoms with E-state index in [4.69, 9.17) is 13.2 Å². The molecule has 0 aliphatic carbocycles. The smallest absolute Gasteiger partial charge is 0.335 e. The highest BCUT2D eigenvalue weighted by Crippen LogP contribution is 1.98. The Labute approximate surface area is 51.6 Å². The van der Waals surface area contributed by atoms with Crippen LogP contribution in [-0.4, -0.2) is 21.6 Å². The zero-order chi connectivity index (χ0) is 6.24. The van der Waals surface area contributed by atoms with Crippen LogP contribution in [0.4, 0.5) is 0 Å². The van der Waals surface area contributed by atoms with Gasteiger partial charge in [-0.3, -0.25) is 0 Å². The first-order chi connectivity index (χ1) is 3.91. The van der Waals surface area contributed by atoms with Crippen molar-refractivity contribution in [1.82, 2.24) is 0 Å². The van der Waals surface area contributed by atoms with E-state index in [-0.39, 0.29) is 0 Å². The van der Waals surface area contributed by atoms with Crippen molar-refractivity contribution < 1.29 is 13.2 Å². The molecule has 0 unspecified atom stereocenters. The van der Waals surface area contributed by atoms with Crippen LogP contribution in [0.15, 0.2) is 0 Å². The van der Waals surface area contributed by atoms with Crippen LogP contribution in [0.3, 0.4) is 0 Å². The van der Waals surface area contributed by atoms with Crippen LogP contribution in [0, 0.1) is 0 Å². The van der Waals surface area contributed by atoms with E-state index >= 15 is 0 Å². The summed E-state index contributed by atoms with van der Waals surface area (Å²) in [5, 5.41) is 0. The van der Waals surface area contributed by atoms with Crippen LogP contribution in [0.2, 0.25) is 0 Å². The third kappa shape index (κ3) is 5.78. The highest BCUT2D eigenvalue weighted by molar-refractivity contribution is 7.51. The molecule has 1 aliphatic rings. The molecule has 1 aliphatic heterocycles. The largest absolute Gasteiger partial charge is 0.381 e. The first-order valence-electron chi connectivity index (χ1n) is 2.41. The quantitative estimate of drug-likeness (QED) is 0.475. The fourth-order valence-electron chi connectivity index (χ4n) is 0.510. The number of ether oxygens (including phenoxy) is 1. The van der Waals surface area contributed by atoms with E-state index in [9.17, 15) is 0 Å². The topological polar surface area (TPSA) is 43.4 Å². The second-order valence-corrected chi connectivity index (χ2v) is 1.52. The van der Waals surface area contributed by atoms with E-state index in [1.54, 1.807) is 0 Å². The summed E-state index contributed by atoms with van der Waals surface area (Å²) in [4.78, 5) is 0. The zero-order valence-corrected chi connectivity index (χ0v) is 5.28. The molecule has 8 heavy (non-hydrogen) atoms. The lowest BCUT2D eigenvalue weighted by atomic mass is 10.4. The van der Waals surface area contributed by atoms with E-state index in [0.29, 0.717) is 0 Å². The first-order valence-corrected chi connectivity index (χ1v) is 3.08. The van der Waals surface area contributed by atoms with Gasteiger partial charge in [-0.1, -0.05) is 0 Å². The second-order valence-electron chi connectivity index (χ2n) is 1.39. The molecule has 0 aromatic rings. The van der Waals surface area contributed by atoms with Gasteiger partial charge in [-0.15, -0.1) is 0 Å². The predicted octanol–water partition coefficient (Wildman–Crippen LogP) is 0.127. The third-order valence-electron chi connectivity index (χ3n) is 0.827.